The molecule has 0 aliphatic carbocycles. The van der Waals surface area contributed by atoms with E-state index in [9.17, 15) is 22.4 Å². The first-order valence-corrected chi connectivity index (χ1v) is 8.48. The number of rotatable bonds is 8. The number of pyridine rings is 1. The lowest BCUT2D eigenvalue weighted by Crippen LogP contribution is -2.19. The highest BCUT2D eigenvalue weighted by molar-refractivity contribution is 5.93. The molecule has 0 spiro atoms. The smallest absolute Gasteiger partial charge is 0.411 e. The maximum atomic E-state index is 14.3. The Kier molecular flexibility index (Phi) is 6.26. The third-order valence-electron chi connectivity index (χ3n) is 3.67. The summed E-state index contributed by atoms with van der Waals surface area (Å²) in [7, 11) is 0. The normalized spacial score (nSPS) is 12.0. The maximum Gasteiger partial charge on any atom is 0.411 e. The molecule has 3 aromatic rings. The standard InChI is InChI=1S/C18H15F4N5O3/c19-12-5-11(7-26-17(12)30-4-3-29-9-18(20,21)22)13-8-25-16-15(27-13)10(6-24-16)1-2-14(23)28/h1-2,5-8H,3-4,9H2,(H2,23,28)(H,24,25). The number of H-pyrrole nitrogens is 1. The van der Waals surface area contributed by atoms with Crippen LogP contribution in [0.1, 0.15) is 5.56 Å². The molecule has 3 aromatic heterocycles. The fourth-order valence-electron chi connectivity index (χ4n) is 2.41. The van der Waals surface area contributed by atoms with Crippen LogP contribution in [0.2, 0.25) is 0 Å². The van der Waals surface area contributed by atoms with E-state index in [1.54, 1.807) is 6.20 Å². The van der Waals surface area contributed by atoms with Crippen molar-refractivity contribution in [2.75, 3.05) is 19.8 Å². The fourth-order valence-corrected chi connectivity index (χ4v) is 2.41. The van der Waals surface area contributed by atoms with Gasteiger partial charge in [-0.15, -0.1) is 0 Å². The van der Waals surface area contributed by atoms with Gasteiger partial charge in [-0.25, -0.2) is 19.3 Å². The molecule has 0 unspecified atom stereocenters. The molecule has 0 bridgehead atoms. The number of nitrogens with two attached hydrogens (primary N) is 1. The van der Waals surface area contributed by atoms with E-state index in [-0.39, 0.29) is 19.1 Å². The molecule has 3 rings (SSSR count). The van der Waals surface area contributed by atoms with Crippen molar-refractivity contribution in [3.8, 4) is 17.1 Å². The minimum atomic E-state index is -4.44. The SMILES string of the molecule is NC(=O)C=Cc1c[nH]c2ncc(-c3cnc(OCCOCC(F)(F)F)c(F)c3)nc12. The molecule has 8 nitrogen and oxygen atoms in total. The van der Waals surface area contributed by atoms with Crippen LogP contribution in [0.15, 0.2) is 30.7 Å². The zero-order valence-corrected chi connectivity index (χ0v) is 15.2. The monoisotopic (exact) mass is 425 g/mol. The number of carbonyl (C=O) groups is 1. The van der Waals surface area contributed by atoms with Gasteiger partial charge in [0, 0.05) is 29.6 Å². The van der Waals surface area contributed by atoms with Crippen molar-refractivity contribution in [3.05, 3.63) is 42.1 Å². The molecule has 30 heavy (non-hydrogen) atoms. The molecule has 3 N–H and O–H groups in total. The van der Waals surface area contributed by atoms with Crippen LogP contribution in [0.25, 0.3) is 28.5 Å². The average Bonchev–Trinajstić information content (AvgIpc) is 3.08. The Morgan fingerprint density at radius 2 is 2.03 bits per heavy atom. The van der Waals surface area contributed by atoms with Gasteiger partial charge in [-0.3, -0.25) is 4.79 Å². The highest BCUT2D eigenvalue weighted by Crippen LogP contribution is 2.24. The van der Waals surface area contributed by atoms with Crippen LogP contribution >= 0.6 is 0 Å². The summed E-state index contributed by atoms with van der Waals surface area (Å²) >= 11 is 0. The quantitative estimate of drug-likeness (QED) is 0.326. The Bertz CT molecular complexity index is 1080. The number of amides is 1. The Balaban J connectivity index is 1.72. The van der Waals surface area contributed by atoms with E-state index in [1.807, 2.05) is 0 Å². The Labute approximate surface area is 166 Å². The summed E-state index contributed by atoms with van der Waals surface area (Å²) in [5, 5.41) is 0. The number of alkyl halides is 3. The lowest BCUT2D eigenvalue weighted by Gasteiger charge is -2.09. The molecule has 0 saturated carbocycles. The second-order valence-electron chi connectivity index (χ2n) is 5.96. The predicted octanol–water partition coefficient (Wildman–Crippen LogP) is 2.62. The number of halogens is 4. The van der Waals surface area contributed by atoms with Gasteiger partial charge in [0.05, 0.1) is 18.5 Å². The van der Waals surface area contributed by atoms with Gasteiger partial charge < -0.3 is 20.2 Å². The van der Waals surface area contributed by atoms with Gasteiger partial charge in [-0.2, -0.15) is 13.2 Å². The van der Waals surface area contributed by atoms with E-state index in [0.29, 0.717) is 28.0 Å². The van der Waals surface area contributed by atoms with Gasteiger partial charge >= 0.3 is 6.18 Å². The first-order valence-electron chi connectivity index (χ1n) is 8.48. The predicted molar refractivity (Wildman–Crippen MR) is 97.7 cm³/mol. The highest BCUT2D eigenvalue weighted by atomic mass is 19.4. The number of nitrogens with one attached hydrogen (secondary N) is 1. The van der Waals surface area contributed by atoms with Gasteiger partial charge in [-0.1, -0.05) is 0 Å². The van der Waals surface area contributed by atoms with Crippen molar-refractivity contribution in [2.45, 2.75) is 6.18 Å². The van der Waals surface area contributed by atoms with Gasteiger partial charge in [0.15, 0.2) is 11.5 Å². The van der Waals surface area contributed by atoms with Crippen molar-refractivity contribution >= 4 is 23.1 Å². The van der Waals surface area contributed by atoms with Gasteiger partial charge in [0.1, 0.15) is 18.7 Å². The average molecular weight is 425 g/mol. The highest BCUT2D eigenvalue weighted by Gasteiger charge is 2.27. The zero-order chi connectivity index (χ0) is 21.7. The molecule has 12 heteroatoms. The lowest BCUT2D eigenvalue weighted by atomic mass is 10.2. The number of primary amides is 1. The summed E-state index contributed by atoms with van der Waals surface area (Å²) < 4.78 is 59.6. The summed E-state index contributed by atoms with van der Waals surface area (Å²) in [5.74, 6) is -1.83. The number of carbonyl (C=O) groups excluding carboxylic acids is 1. The van der Waals surface area contributed by atoms with Crippen molar-refractivity contribution in [1.82, 2.24) is 19.9 Å². The van der Waals surface area contributed by atoms with Crippen LogP contribution in [-0.4, -0.2) is 51.8 Å². The molecule has 0 aliphatic heterocycles. The van der Waals surface area contributed by atoms with Crippen LogP contribution in [0.5, 0.6) is 5.88 Å². The molecule has 0 aliphatic rings. The van der Waals surface area contributed by atoms with Crippen LogP contribution in [0.3, 0.4) is 0 Å². The van der Waals surface area contributed by atoms with E-state index >= 15 is 0 Å². The van der Waals surface area contributed by atoms with Crippen molar-refractivity contribution < 1.29 is 31.8 Å². The van der Waals surface area contributed by atoms with Crippen molar-refractivity contribution in [1.29, 1.82) is 0 Å². The van der Waals surface area contributed by atoms with E-state index < -0.39 is 24.5 Å². The molecule has 1 amide bonds. The molecule has 0 fully saturated rings. The molecular formula is C18H15F4N5O3. The first-order chi connectivity index (χ1) is 14.2. The molecular weight excluding hydrogens is 410 g/mol. The fraction of sp³-hybridized carbons (Fsp3) is 0.222. The molecule has 0 saturated heterocycles. The molecule has 0 radical (unpaired) electrons. The summed E-state index contributed by atoms with van der Waals surface area (Å²) in [6.45, 7) is -2.09. The van der Waals surface area contributed by atoms with Crippen LogP contribution < -0.4 is 10.5 Å². The minimum Gasteiger partial charge on any atom is -0.473 e. The first kappa shape index (κ1) is 21.2. The van der Waals surface area contributed by atoms with Crippen LogP contribution in [0, 0.1) is 5.82 Å². The second kappa shape index (κ2) is 8.86. The third kappa shape index (κ3) is 5.50. The second-order valence-corrected chi connectivity index (χ2v) is 5.96. The Morgan fingerprint density at radius 1 is 1.23 bits per heavy atom. The summed E-state index contributed by atoms with van der Waals surface area (Å²) in [4.78, 5) is 26.2. The zero-order valence-electron chi connectivity index (χ0n) is 15.2. The van der Waals surface area contributed by atoms with E-state index in [1.165, 1.54) is 24.5 Å². The van der Waals surface area contributed by atoms with E-state index in [2.05, 4.69) is 24.7 Å². The summed E-state index contributed by atoms with van der Waals surface area (Å²) in [6.07, 6.45) is 2.48. The van der Waals surface area contributed by atoms with Crippen molar-refractivity contribution in [2.24, 2.45) is 5.73 Å². The summed E-state index contributed by atoms with van der Waals surface area (Å²) in [5.41, 5.74) is 7.14. The Morgan fingerprint density at radius 3 is 2.73 bits per heavy atom. The van der Waals surface area contributed by atoms with Gasteiger partial charge in [0.2, 0.25) is 11.8 Å². The minimum absolute atomic E-state index is 0.300. The number of aromatic nitrogens is 4. The number of nitrogens with zero attached hydrogens (tertiary/aromatic N) is 3. The van der Waals surface area contributed by atoms with Gasteiger partial charge in [0.25, 0.3) is 0 Å². The number of hydrogen-bond acceptors (Lipinski definition) is 6. The Hall–Kier alpha value is -3.54. The maximum absolute atomic E-state index is 14.3. The third-order valence-corrected chi connectivity index (χ3v) is 3.67. The van der Waals surface area contributed by atoms with E-state index in [4.69, 9.17) is 10.5 Å². The molecule has 3 heterocycles. The molecule has 0 aromatic carbocycles. The molecule has 0 atom stereocenters. The van der Waals surface area contributed by atoms with Crippen LogP contribution in [0.4, 0.5) is 17.6 Å². The lowest BCUT2D eigenvalue weighted by molar-refractivity contribution is -0.175. The number of fused-ring (bicyclic) bond motifs is 1. The molecule has 158 valence electrons. The number of aromatic amines is 1. The van der Waals surface area contributed by atoms with Crippen LogP contribution in [-0.2, 0) is 9.53 Å². The number of ether oxygens (including phenoxy) is 2. The topological polar surface area (TPSA) is 116 Å². The summed E-state index contributed by atoms with van der Waals surface area (Å²) in [6, 6.07) is 1.11. The largest absolute Gasteiger partial charge is 0.473 e. The number of hydrogen-bond donors (Lipinski definition) is 2. The van der Waals surface area contributed by atoms with Gasteiger partial charge in [-0.05, 0) is 12.1 Å². The van der Waals surface area contributed by atoms with E-state index in [0.717, 1.165) is 6.07 Å². The van der Waals surface area contributed by atoms with Crippen molar-refractivity contribution in [3.63, 3.8) is 0 Å².